The summed E-state index contributed by atoms with van der Waals surface area (Å²) in [7, 11) is 0. The van der Waals surface area contributed by atoms with Crippen molar-refractivity contribution in [3.8, 4) is 11.1 Å². The minimum absolute atomic E-state index is 0.505. The Labute approximate surface area is 103 Å². The topological polar surface area (TPSA) is 81.4 Å². The van der Waals surface area contributed by atoms with Crippen molar-refractivity contribution in [2.75, 3.05) is 0 Å². The monoisotopic (exact) mass is 236 g/mol. The maximum Gasteiger partial charge on any atom is 0.118 e. The first kappa shape index (κ1) is 10.4. The predicted octanol–water partition coefficient (Wildman–Crippen LogP) is 3.84. The first-order chi connectivity index (χ1) is 8.85. The Morgan fingerprint density at radius 3 is 2.39 bits per heavy atom. The molecule has 5 heteroatoms. The Morgan fingerprint density at radius 2 is 1.67 bits per heavy atom. The van der Waals surface area contributed by atoms with Gasteiger partial charge in [0.05, 0.1) is 0 Å². The normalized spacial score (nSPS) is 13.9. The number of rotatable bonds is 1. The van der Waals surface area contributed by atoms with E-state index in [1.807, 2.05) is 30.3 Å². The maximum absolute atomic E-state index is 9.16. The van der Waals surface area contributed by atoms with Gasteiger partial charge in [-0.3, -0.25) is 0 Å². The molecule has 0 atom stereocenters. The first-order valence-electron chi connectivity index (χ1n) is 5.36. The molecule has 3 rings (SSSR count). The zero-order valence-corrected chi connectivity index (χ0v) is 9.28. The lowest BCUT2D eigenvalue weighted by atomic mass is 10.1. The van der Waals surface area contributed by atoms with E-state index in [0.717, 1.165) is 22.3 Å². The van der Waals surface area contributed by atoms with Crippen molar-refractivity contribution in [2.24, 2.45) is 10.3 Å². The summed E-state index contributed by atoms with van der Waals surface area (Å²) < 4.78 is 0. The second-order valence-electron chi connectivity index (χ2n) is 3.91. The summed E-state index contributed by atoms with van der Waals surface area (Å²) in [4.78, 5) is 2.75. The highest BCUT2D eigenvalue weighted by Crippen LogP contribution is 2.38. The molecule has 1 N–H and O–H groups in total. The smallest absolute Gasteiger partial charge is 0.118 e. The van der Waals surface area contributed by atoms with Gasteiger partial charge >= 0.3 is 0 Å². The number of hydrogen-bond acceptors (Lipinski definition) is 3. The molecule has 0 amide bonds. The van der Waals surface area contributed by atoms with Crippen LogP contribution in [0.2, 0.25) is 0 Å². The molecule has 0 saturated carbocycles. The lowest BCUT2D eigenvalue weighted by Gasteiger charge is -2.00. The summed E-state index contributed by atoms with van der Waals surface area (Å²) in [6.07, 6.45) is 0. The van der Waals surface area contributed by atoms with Gasteiger partial charge in [-0.05, 0) is 22.7 Å². The van der Waals surface area contributed by atoms with Gasteiger partial charge in [-0.15, -0.1) is 0 Å². The fourth-order valence-corrected chi connectivity index (χ4v) is 2.25. The van der Waals surface area contributed by atoms with Crippen LogP contribution in [-0.2, 0) is 0 Å². The molecule has 86 valence electrons. The van der Waals surface area contributed by atoms with Crippen molar-refractivity contribution in [3.63, 3.8) is 0 Å². The van der Waals surface area contributed by atoms with E-state index in [2.05, 4.69) is 15.2 Å². The van der Waals surface area contributed by atoms with Crippen molar-refractivity contribution >= 4 is 11.4 Å². The lowest BCUT2D eigenvalue weighted by molar-refractivity contribution is 0.320. The first-order valence-corrected chi connectivity index (χ1v) is 5.36. The van der Waals surface area contributed by atoms with Crippen LogP contribution >= 0.6 is 0 Å². The molecule has 2 aromatic rings. The quantitative estimate of drug-likeness (QED) is 0.225. The molecular formula is C13H8N4O. The standard InChI is InChI=1S/C13H8N4O/c14-17-15-8-5-6-10-9-3-1-2-4-11(9)13(16-18)12(10)7-8/h1-7,18H. The Kier molecular flexibility index (Phi) is 2.25. The fraction of sp³-hybridized carbons (Fsp3) is 0. The van der Waals surface area contributed by atoms with Crippen LogP contribution in [0.15, 0.2) is 52.7 Å². The van der Waals surface area contributed by atoms with E-state index in [0.29, 0.717) is 11.4 Å². The highest BCUT2D eigenvalue weighted by Gasteiger charge is 2.24. The Hall–Kier alpha value is -2.78. The lowest BCUT2D eigenvalue weighted by Crippen LogP contribution is -1.97. The van der Waals surface area contributed by atoms with Gasteiger partial charge in [0.15, 0.2) is 0 Å². The van der Waals surface area contributed by atoms with Crippen LogP contribution in [0.5, 0.6) is 0 Å². The number of hydrogen-bond donors (Lipinski definition) is 1. The van der Waals surface area contributed by atoms with Crippen LogP contribution in [0.1, 0.15) is 11.1 Å². The number of azide groups is 1. The Morgan fingerprint density at radius 1 is 0.944 bits per heavy atom. The summed E-state index contributed by atoms with van der Waals surface area (Å²) in [6.45, 7) is 0. The molecule has 0 unspecified atom stereocenters. The van der Waals surface area contributed by atoms with Gasteiger partial charge in [0.2, 0.25) is 0 Å². The van der Waals surface area contributed by atoms with E-state index in [4.69, 9.17) is 10.7 Å². The van der Waals surface area contributed by atoms with Crippen molar-refractivity contribution in [1.29, 1.82) is 0 Å². The molecule has 0 bridgehead atoms. The van der Waals surface area contributed by atoms with Gasteiger partial charge < -0.3 is 5.21 Å². The SMILES string of the molecule is [N-]=[N+]=Nc1ccc2c(c1)C(=NO)c1ccccc1-2. The zero-order chi connectivity index (χ0) is 12.5. The van der Waals surface area contributed by atoms with E-state index in [1.54, 1.807) is 12.1 Å². The molecule has 5 nitrogen and oxygen atoms in total. The molecule has 0 fully saturated rings. The van der Waals surface area contributed by atoms with Gasteiger partial charge in [0.1, 0.15) is 5.71 Å². The van der Waals surface area contributed by atoms with Crippen LogP contribution < -0.4 is 0 Å². The molecule has 0 heterocycles. The summed E-state index contributed by atoms with van der Waals surface area (Å²) in [5, 5.41) is 16.1. The van der Waals surface area contributed by atoms with Crippen molar-refractivity contribution in [1.82, 2.24) is 0 Å². The van der Waals surface area contributed by atoms with Crippen LogP contribution in [0.25, 0.3) is 21.6 Å². The molecular weight excluding hydrogens is 228 g/mol. The third-order valence-corrected chi connectivity index (χ3v) is 2.99. The second kappa shape index (κ2) is 3.91. The second-order valence-corrected chi connectivity index (χ2v) is 3.91. The highest BCUT2D eigenvalue weighted by molar-refractivity contribution is 6.24. The number of oxime groups is 1. The average molecular weight is 236 g/mol. The summed E-state index contributed by atoms with van der Waals surface area (Å²) in [6, 6.07) is 13.0. The van der Waals surface area contributed by atoms with E-state index >= 15 is 0 Å². The molecule has 0 spiro atoms. The van der Waals surface area contributed by atoms with Crippen molar-refractivity contribution in [3.05, 3.63) is 64.0 Å². The molecule has 0 aliphatic heterocycles. The van der Waals surface area contributed by atoms with E-state index in [1.165, 1.54) is 0 Å². The van der Waals surface area contributed by atoms with Crippen LogP contribution in [0.4, 0.5) is 5.69 Å². The Balaban J connectivity index is 2.30. The van der Waals surface area contributed by atoms with Gasteiger partial charge in [-0.2, -0.15) is 0 Å². The molecule has 0 radical (unpaired) electrons. The Bertz CT molecular complexity index is 715. The maximum atomic E-state index is 9.16. The van der Waals surface area contributed by atoms with Gasteiger partial charge in [-0.1, -0.05) is 46.7 Å². The van der Waals surface area contributed by atoms with Crippen LogP contribution in [0, 0.1) is 0 Å². The minimum atomic E-state index is 0.505. The number of nitrogens with zero attached hydrogens (tertiary/aromatic N) is 4. The van der Waals surface area contributed by atoms with Crippen molar-refractivity contribution in [2.45, 2.75) is 0 Å². The van der Waals surface area contributed by atoms with E-state index in [9.17, 15) is 0 Å². The molecule has 0 saturated heterocycles. The van der Waals surface area contributed by atoms with Crippen molar-refractivity contribution < 1.29 is 5.21 Å². The number of fused-ring (bicyclic) bond motifs is 3. The molecule has 18 heavy (non-hydrogen) atoms. The van der Waals surface area contributed by atoms with Crippen LogP contribution in [-0.4, -0.2) is 10.9 Å². The molecule has 0 aromatic heterocycles. The largest absolute Gasteiger partial charge is 0.410 e. The third-order valence-electron chi connectivity index (χ3n) is 2.99. The molecule has 2 aromatic carbocycles. The minimum Gasteiger partial charge on any atom is -0.410 e. The van der Waals surface area contributed by atoms with E-state index < -0.39 is 0 Å². The predicted molar refractivity (Wildman–Crippen MR) is 68.1 cm³/mol. The van der Waals surface area contributed by atoms with Gasteiger partial charge in [0, 0.05) is 21.7 Å². The average Bonchev–Trinajstić information content (AvgIpc) is 2.72. The summed E-state index contributed by atoms with van der Waals surface area (Å²) in [5.41, 5.74) is 13.1. The molecule has 1 aliphatic rings. The van der Waals surface area contributed by atoms with Crippen LogP contribution in [0.3, 0.4) is 0 Å². The molecule has 1 aliphatic carbocycles. The zero-order valence-electron chi connectivity index (χ0n) is 9.28. The van der Waals surface area contributed by atoms with E-state index in [-0.39, 0.29) is 0 Å². The number of benzene rings is 2. The highest BCUT2D eigenvalue weighted by atomic mass is 16.4. The summed E-state index contributed by atoms with van der Waals surface area (Å²) in [5.74, 6) is 0. The van der Waals surface area contributed by atoms with Gasteiger partial charge in [0.25, 0.3) is 0 Å². The van der Waals surface area contributed by atoms with Gasteiger partial charge in [-0.25, -0.2) is 0 Å². The summed E-state index contributed by atoms with van der Waals surface area (Å²) >= 11 is 0. The third kappa shape index (κ3) is 1.35. The fourth-order valence-electron chi connectivity index (χ4n) is 2.25.